The fourth-order valence-electron chi connectivity index (χ4n) is 3.22. The van der Waals surface area contributed by atoms with Crippen LogP contribution in [0.15, 0.2) is 79.4 Å². The van der Waals surface area contributed by atoms with E-state index in [2.05, 4.69) is 79.1 Å². The number of ether oxygens (including phenoxy) is 3. The van der Waals surface area contributed by atoms with Gasteiger partial charge in [0.1, 0.15) is 32.8 Å². The average Bonchev–Trinajstić information content (AvgIpc) is 2.92. The molecule has 10 nitrogen and oxygen atoms in total. The molecule has 5 N–H and O–H groups in total. The summed E-state index contributed by atoms with van der Waals surface area (Å²) >= 11 is 40.0. The van der Waals surface area contributed by atoms with Gasteiger partial charge in [-0.2, -0.15) is 0 Å². The Bertz CT molecular complexity index is 1930. The topological polar surface area (TPSA) is 168 Å². The lowest BCUT2D eigenvalue weighted by Gasteiger charge is -2.12. The van der Waals surface area contributed by atoms with Gasteiger partial charge in [0.05, 0.1) is 27.2 Å². The SMILES string of the molecule is BrB(Br)Br.COc1ccc(Oc2c(Cl)cc(Br)cc2Cl)cc1S(N)(=O)=O.NS(=O)(=O)c1cc(Oc2c(Cl)cc(Br)cc2Cl)ccc1O. The van der Waals surface area contributed by atoms with Crippen molar-refractivity contribution in [1.82, 2.24) is 0 Å². The molecule has 4 aromatic rings. The summed E-state index contributed by atoms with van der Waals surface area (Å²) in [4.78, 5) is -0.652. The smallest absolute Gasteiger partial charge is 0.369 e. The van der Waals surface area contributed by atoms with Crippen LogP contribution in [-0.2, 0) is 20.0 Å². The van der Waals surface area contributed by atoms with Gasteiger partial charge in [0, 0.05) is 21.1 Å². The van der Waals surface area contributed by atoms with E-state index < -0.39 is 30.7 Å². The first kappa shape index (κ1) is 42.7. The van der Waals surface area contributed by atoms with E-state index in [9.17, 15) is 21.9 Å². The van der Waals surface area contributed by atoms with Crippen molar-refractivity contribution in [3.63, 3.8) is 0 Å². The van der Waals surface area contributed by atoms with Crippen LogP contribution in [0.1, 0.15) is 0 Å². The summed E-state index contributed by atoms with van der Waals surface area (Å²) in [6, 6.07) is 14.1. The number of primary sulfonamides is 2. The molecule has 0 radical (unpaired) electrons. The molecule has 0 aliphatic carbocycles. The molecule has 47 heavy (non-hydrogen) atoms. The average molecular weight is 1090 g/mol. The molecular formula is C25H18BBr5Cl4N2O8S2. The van der Waals surface area contributed by atoms with E-state index in [0.717, 1.165) is 12.1 Å². The molecule has 0 saturated heterocycles. The van der Waals surface area contributed by atoms with Gasteiger partial charge < -0.3 is 19.3 Å². The van der Waals surface area contributed by atoms with Gasteiger partial charge in [-0.15, -0.1) is 47.3 Å². The minimum atomic E-state index is -4.08. The molecule has 0 fully saturated rings. The fourth-order valence-corrected chi connectivity index (χ4v) is 7.14. The van der Waals surface area contributed by atoms with Crippen molar-refractivity contribution in [3.05, 3.63) is 89.7 Å². The first-order chi connectivity index (χ1) is 21.6. The van der Waals surface area contributed by atoms with Crippen LogP contribution in [0.3, 0.4) is 0 Å². The highest BCUT2D eigenvalue weighted by Crippen LogP contribution is 2.41. The van der Waals surface area contributed by atoms with Gasteiger partial charge in [-0.25, -0.2) is 27.1 Å². The highest BCUT2D eigenvalue weighted by Gasteiger charge is 2.19. The van der Waals surface area contributed by atoms with Crippen molar-refractivity contribution in [2.45, 2.75) is 9.79 Å². The van der Waals surface area contributed by atoms with Gasteiger partial charge >= 0.3 is 3.18 Å². The molecule has 0 heterocycles. The Hall–Kier alpha value is -0.475. The Morgan fingerprint density at radius 3 is 1.34 bits per heavy atom. The molecule has 22 heteroatoms. The third-order valence-corrected chi connectivity index (χ3v) is 8.96. The number of phenols is 1. The summed E-state index contributed by atoms with van der Waals surface area (Å²) in [7, 11) is -6.70. The second-order valence-corrected chi connectivity index (χ2v) is 21.3. The molecular weight excluding hydrogens is 1070 g/mol. The Labute approximate surface area is 332 Å². The predicted octanol–water partition coefficient (Wildman–Crippen LogP) is 10.3. The molecule has 0 spiro atoms. The molecule has 0 aliphatic heterocycles. The second-order valence-electron chi connectivity index (χ2n) is 8.38. The molecule has 0 bridgehead atoms. The summed E-state index contributed by atoms with van der Waals surface area (Å²) in [5.41, 5.74) is 0. The monoisotopic (exact) mass is 1080 g/mol. The number of benzene rings is 4. The van der Waals surface area contributed by atoms with E-state index in [4.69, 9.17) is 70.9 Å². The maximum atomic E-state index is 11.6. The van der Waals surface area contributed by atoms with Gasteiger partial charge in [-0.1, -0.05) is 78.3 Å². The maximum Gasteiger partial charge on any atom is 0.369 e. The zero-order chi connectivity index (χ0) is 35.9. The lowest BCUT2D eigenvalue weighted by Crippen LogP contribution is -2.13. The van der Waals surface area contributed by atoms with Gasteiger partial charge in [-0.05, 0) is 48.5 Å². The first-order valence-corrected chi connectivity index (χ1v) is 20.7. The number of phenolic OH excluding ortho intramolecular Hbond substituents is 1. The van der Waals surface area contributed by atoms with Crippen LogP contribution >= 0.6 is 126 Å². The number of hydrogen-bond acceptors (Lipinski definition) is 8. The van der Waals surface area contributed by atoms with Crippen molar-refractivity contribution in [3.8, 4) is 34.5 Å². The van der Waals surface area contributed by atoms with E-state index >= 15 is 0 Å². The molecule has 0 atom stereocenters. The normalized spacial score (nSPS) is 11.0. The quantitative estimate of drug-likeness (QED) is 0.154. The molecule has 0 aromatic heterocycles. The van der Waals surface area contributed by atoms with E-state index in [1.165, 1.54) is 31.4 Å². The largest absolute Gasteiger partial charge is 0.507 e. The second kappa shape index (κ2) is 18.7. The summed E-state index contributed by atoms with van der Waals surface area (Å²) < 4.78 is 63.5. The van der Waals surface area contributed by atoms with E-state index in [0.29, 0.717) is 8.95 Å². The third-order valence-electron chi connectivity index (χ3n) is 5.05. The minimum Gasteiger partial charge on any atom is -0.507 e. The van der Waals surface area contributed by atoms with Crippen LogP contribution in [0.5, 0.6) is 34.5 Å². The number of aromatic hydroxyl groups is 1. The third kappa shape index (κ3) is 13.6. The van der Waals surface area contributed by atoms with Gasteiger partial charge in [0.2, 0.25) is 20.0 Å². The predicted molar refractivity (Wildman–Crippen MR) is 205 cm³/mol. The van der Waals surface area contributed by atoms with Crippen LogP contribution in [0.25, 0.3) is 0 Å². The van der Waals surface area contributed by atoms with E-state index in [1.807, 2.05) is 0 Å². The number of nitrogens with two attached hydrogens (primary N) is 2. The zero-order valence-electron chi connectivity index (χ0n) is 23.0. The zero-order valence-corrected chi connectivity index (χ0v) is 35.6. The standard InChI is InChI=1S/C13H10BrCl2NO4S.C12H8BrCl2NO4S.BBr3/c1-20-11-3-2-8(6-12(11)22(17,18)19)21-13-9(15)4-7(14)5-10(13)16;13-6-3-8(14)12(9(15)4-6)20-7-1-2-10(17)11(5-7)21(16,18)19;2-1(3)4/h2-6H,1H3,(H2,17,18,19);1-5,17H,(H2,16,18,19);. The Morgan fingerprint density at radius 1 is 0.660 bits per heavy atom. The molecule has 0 unspecified atom stereocenters. The molecule has 254 valence electrons. The Balaban J connectivity index is 0.000000294. The first-order valence-electron chi connectivity index (χ1n) is 11.8. The van der Waals surface area contributed by atoms with E-state index in [-0.39, 0.29) is 56.9 Å². The van der Waals surface area contributed by atoms with Gasteiger partial charge in [-0.3, -0.25) is 0 Å². The van der Waals surface area contributed by atoms with Crippen molar-refractivity contribution in [2.75, 3.05) is 7.11 Å². The van der Waals surface area contributed by atoms with Crippen molar-refractivity contribution < 1.29 is 36.2 Å². The van der Waals surface area contributed by atoms with Crippen LogP contribution in [0.4, 0.5) is 0 Å². The Morgan fingerprint density at radius 2 is 1.00 bits per heavy atom. The van der Waals surface area contributed by atoms with E-state index in [1.54, 1.807) is 24.3 Å². The number of hydrogen-bond donors (Lipinski definition) is 3. The number of rotatable bonds is 7. The van der Waals surface area contributed by atoms with Crippen LogP contribution < -0.4 is 24.5 Å². The molecule has 0 saturated carbocycles. The summed E-state index contributed by atoms with van der Waals surface area (Å²) in [6.45, 7) is 0. The summed E-state index contributed by atoms with van der Waals surface area (Å²) in [6.07, 6.45) is 0. The summed E-state index contributed by atoms with van der Waals surface area (Å²) in [5, 5.41) is 20.7. The minimum absolute atomic E-state index is 0.114. The van der Waals surface area contributed by atoms with Crippen LogP contribution in [0.2, 0.25) is 20.1 Å². The number of methoxy groups -OCH3 is 1. The summed E-state index contributed by atoms with van der Waals surface area (Å²) in [5.74, 6) is 0.323. The maximum absolute atomic E-state index is 11.6. The number of sulfonamides is 2. The molecule has 4 aromatic carbocycles. The lowest BCUT2D eigenvalue weighted by atomic mass is 10.3. The van der Waals surface area contributed by atoms with Gasteiger partial charge in [0.25, 0.3) is 0 Å². The number of halogens is 9. The lowest BCUT2D eigenvalue weighted by molar-refractivity contribution is 0.400. The van der Waals surface area contributed by atoms with Crippen molar-refractivity contribution >= 4 is 149 Å². The van der Waals surface area contributed by atoms with Gasteiger partial charge in [0.15, 0.2) is 11.5 Å². The van der Waals surface area contributed by atoms with Crippen molar-refractivity contribution in [2.24, 2.45) is 10.3 Å². The highest BCUT2D eigenvalue weighted by molar-refractivity contribution is 9.69. The molecule has 0 aliphatic rings. The Kier molecular flexibility index (Phi) is 17.0. The fraction of sp³-hybridized carbons (Fsp3) is 0.0400. The molecule has 0 amide bonds. The van der Waals surface area contributed by atoms with Crippen LogP contribution in [0, 0.1) is 0 Å². The van der Waals surface area contributed by atoms with Crippen LogP contribution in [-0.4, -0.2) is 32.2 Å². The molecule has 4 rings (SSSR count). The highest BCUT2D eigenvalue weighted by atomic mass is 79.9. The van der Waals surface area contributed by atoms with Crippen molar-refractivity contribution in [1.29, 1.82) is 0 Å².